The van der Waals surface area contributed by atoms with E-state index in [0.717, 1.165) is 45.3 Å². The molecule has 0 heterocycles. The van der Waals surface area contributed by atoms with Crippen LogP contribution in [-0.4, -0.2) is 0 Å². The lowest BCUT2D eigenvalue weighted by molar-refractivity contribution is 1.28. The van der Waals surface area contributed by atoms with Crippen molar-refractivity contribution < 1.29 is 0 Å². The number of hydrogen-bond acceptors (Lipinski definition) is 2. The van der Waals surface area contributed by atoms with Crippen LogP contribution in [-0.2, 0) is 0 Å². The molecule has 0 N–H and O–H groups in total. The molecular formula is C66H48N2. The summed E-state index contributed by atoms with van der Waals surface area (Å²) in [6.45, 7) is 0. The molecule has 11 aromatic carbocycles. The number of benzene rings is 11. The lowest BCUT2D eigenvalue weighted by Crippen LogP contribution is -2.11. The van der Waals surface area contributed by atoms with Crippen LogP contribution in [0.1, 0.15) is 0 Å². The predicted molar refractivity (Wildman–Crippen MR) is 288 cm³/mol. The second kappa shape index (κ2) is 19.2. The zero-order valence-electron chi connectivity index (χ0n) is 37.6. The average molecular weight is 869 g/mol. The Bertz CT molecular complexity index is 3150. The van der Waals surface area contributed by atoms with Crippen molar-refractivity contribution in [2.45, 2.75) is 0 Å². The van der Waals surface area contributed by atoms with Crippen molar-refractivity contribution in [3.05, 3.63) is 291 Å². The summed E-state index contributed by atoms with van der Waals surface area (Å²) in [5, 5.41) is 0. The highest BCUT2D eigenvalue weighted by Crippen LogP contribution is 2.44. The summed E-state index contributed by atoms with van der Waals surface area (Å²) >= 11 is 0. The topological polar surface area (TPSA) is 6.48 Å². The summed E-state index contributed by atoms with van der Waals surface area (Å²) in [7, 11) is 0. The highest BCUT2D eigenvalue weighted by Gasteiger charge is 2.20. The molecule has 68 heavy (non-hydrogen) atoms. The van der Waals surface area contributed by atoms with Gasteiger partial charge < -0.3 is 9.80 Å². The molecule has 11 aromatic rings. The van der Waals surface area contributed by atoms with E-state index in [-0.39, 0.29) is 0 Å². The Morgan fingerprint density at radius 3 is 0.662 bits per heavy atom. The Hall–Kier alpha value is -8.98. The van der Waals surface area contributed by atoms with Gasteiger partial charge in [0.1, 0.15) is 0 Å². The van der Waals surface area contributed by atoms with Gasteiger partial charge in [-0.2, -0.15) is 0 Å². The van der Waals surface area contributed by atoms with Gasteiger partial charge in [-0.05, 0) is 116 Å². The van der Waals surface area contributed by atoms with E-state index in [2.05, 4.69) is 301 Å². The molecule has 11 rings (SSSR count). The van der Waals surface area contributed by atoms with Crippen LogP contribution < -0.4 is 9.80 Å². The molecule has 0 fully saturated rings. The van der Waals surface area contributed by atoms with Crippen molar-refractivity contribution in [3.63, 3.8) is 0 Å². The van der Waals surface area contributed by atoms with Crippen molar-refractivity contribution in [3.8, 4) is 66.8 Å². The summed E-state index contributed by atoms with van der Waals surface area (Å²) in [5.74, 6) is 0. The third-order valence-electron chi connectivity index (χ3n) is 12.7. The molecule has 0 atom stereocenters. The highest BCUT2D eigenvalue weighted by atomic mass is 15.1. The van der Waals surface area contributed by atoms with E-state index in [9.17, 15) is 0 Å². The fourth-order valence-corrected chi connectivity index (χ4v) is 9.35. The minimum atomic E-state index is 1.08. The third kappa shape index (κ3) is 8.63. The van der Waals surface area contributed by atoms with E-state index in [1.165, 1.54) is 55.6 Å². The molecule has 0 bridgehead atoms. The molecule has 2 nitrogen and oxygen atoms in total. The first kappa shape index (κ1) is 41.7. The Morgan fingerprint density at radius 2 is 0.353 bits per heavy atom. The van der Waals surface area contributed by atoms with Gasteiger partial charge in [-0.1, -0.05) is 231 Å². The van der Waals surface area contributed by atoms with Crippen LogP contribution in [0.3, 0.4) is 0 Å². The van der Waals surface area contributed by atoms with Gasteiger partial charge >= 0.3 is 0 Å². The van der Waals surface area contributed by atoms with Gasteiger partial charge in [0, 0.05) is 33.9 Å². The van der Waals surface area contributed by atoms with Crippen molar-refractivity contribution in [2.75, 3.05) is 9.80 Å². The van der Waals surface area contributed by atoms with E-state index < -0.39 is 0 Å². The number of para-hydroxylation sites is 2. The van der Waals surface area contributed by atoms with Crippen LogP contribution in [0.25, 0.3) is 66.8 Å². The normalized spacial score (nSPS) is 10.9. The molecule has 0 unspecified atom stereocenters. The van der Waals surface area contributed by atoms with Crippen LogP contribution in [0.2, 0.25) is 0 Å². The molecular weight excluding hydrogens is 821 g/mol. The van der Waals surface area contributed by atoms with Gasteiger partial charge in [-0.25, -0.2) is 0 Å². The highest BCUT2D eigenvalue weighted by molar-refractivity contribution is 5.92. The fourth-order valence-electron chi connectivity index (χ4n) is 9.35. The van der Waals surface area contributed by atoms with Crippen LogP contribution in [0, 0.1) is 0 Å². The third-order valence-corrected chi connectivity index (χ3v) is 12.7. The SMILES string of the molecule is c1ccc(-c2ccc(N(c3ccc(-c4ccccc4-c4ccc(N(c5ccc(-c6ccccc6)cc5)c5ccccc5-c5ccccc5)cc4)cc3)c3ccccc3-c3ccccc3)cc2)cc1. The lowest BCUT2D eigenvalue weighted by atomic mass is 9.94. The minimum Gasteiger partial charge on any atom is -0.310 e. The number of hydrogen-bond donors (Lipinski definition) is 0. The lowest BCUT2D eigenvalue weighted by Gasteiger charge is -2.28. The molecule has 0 saturated heterocycles. The summed E-state index contributed by atoms with van der Waals surface area (Å²) < 4.78 is 0. The first-order chi connectivity index (χ1) is 33.7. The summed E-state index contributed by atoms with van der Waals surface area (Å²) in [6, 6.07) is 105. The smallest absolute Gasteiger partial charge is 0.0540 e. The van der Waals surface area contributed by atoms with Gasteiger partial charge in [0.25, 0.3) is 0 Å². The van der Waals surface area contributed by atoms with Gasteiger partial charge in [0.05, 0.1) is 11.4 Å². The van der Waals surface area contributed by atoms with Gasteiger partial charge in [0.2, 0.25) is 0 Å². The van der Waals surface area contributed by atoms with Crippen LogP contribution in [0.15, 0.2) is 291 Å². The number of nitrogens with zero attached hydrogens (tertiary/aromatic N) is 2. The molecule has 0 aromatic heterocycles. The zero-order valence-corrected chi connectivity index (χ0v) is 37.6. The van der Waals surface area contributed by atoms with Crippen molar-refractivity contribution in [1.29, 1.82) is 0 Å². The van der Waals surface area contributed by atoms with E-state index in [1.807, 2.05) is 0 Å². The summed E-state index contributed by atoms with van der Waals surface area (Å²) in [5.41, 5.74) is 20.7. The second-order valence-electron chi connectivity index (χ2n) is 16.9. The maximum atomic E-state index is 2.38. The van der Waals surface area contributed by atoms with Crippen molar-refractivity contribution in [1.82, 2.24) is 0 Å². The molecule has 0 aliphatic heterocycles. The molecule has 0 amide bonds. The average Bonchev–Trinajstić information content (AvgIpc) is 3.43. The fraction of sp³-hybridized carbons (Fsp3) is 0. The molecule has 0 saturated carbocycles. The van der Waals surface area contributed by atoms with E-state index >= 15 is 0 Å². The second-order valence-corrected chi connectivity index (χ2v) is 16.9. The molecule has 0 aliphatic carbocycles. The Labute approximate surface area is 400 Å². The van der Waals surface area contributed by atoms with Gasteiger partial charge in [0.15, 0.2) is 0 Å². The Morgan fingerprint density at radius 1 is 0.147 bits per heavy atom. The van der Waals surface area contributed by atoms with E-state index in [1.54, 1.807) is 0 Å². The van der Waals surface area contributed by atoms with Crippen LogP contribution >= 0.6 is 0 Å². The Kier molecular flexibility index (Phi) is 11.8. The molecule has 0 spiro atoms. The Balaban J connectivity index is 0.951. The first-order valence-corrected chi connectivity index (χ1v) is 23.3. The molecule has 322 valence electrons. The molecule has 0 radical (unpaired) electrons. The van der Waals surface area contributed by atoms with Gasteiger partial charge in [-0.15, -0.1) is 0 Å². The van der Waals surface area contributed by atoms with Crippen molar-refractivity contribution >= 4 is 34.1 Å². The van der Waals surface area contributed by atoms with Crippen LogP contribution in [0.4, 0.5) is 34.1 Å². The number of anilines is 6. The summed E-state index contributed by atoms with van der Waals surface area (Å²) in [6.07, 6.45) is 0. The van der Waals surface area contributed by atoms with E-state index in [0.29, 0.717) is 0 Å². The maximum absolute atomic E-state index is 2.38. The van der Waals surface area contributed by atoms with Crippen molar-refractivity contribution in [2.24, 2.45) is 0 Å². The maximum Gasteiger partial charge on any atom is 0.0540 e. The molecule has 2 heteroatoms. The zero-order chi connectivity index (χ0) is 45.5. The number of rotatable bonds is 12. The van der Waals surface area contributed by atoms with Crippen LogP contribution in [0.5, 0.6) is 0 Å². The predicted octanol–water partition coefficient (Wildman–Crippen LogP) is 18.6. The standard InChI is InChI=1S/C66H48N2/c1-5-19-49(20-6-1)51-33-41-57(42-34-51)67(65-31-17-15-29-63(65)53-23-9-3-10-24-53)59-45-37-55(38-46-59)61-27-13-14-28-62(61)56-39-47-60(48-40-56)68(58-43-35-52(36-44-58)50-21-7-2-8-22-50)66-32-18-16-30-64(66)54-25-11-4-12-26-54/h1-48H. The quantitative estimate of drug-likeness (QED) is 0.121. The first-order valence-electron chi connectivity index (χ1n) is 23.3. The molecule has 0 aliphatic rings. The largest absolute Gasteiger partial charge is 0.310 e. The van der Waals surface area contributed by atoms with E-state index in [4.69, 9.17) is 0 Å². The minimum absolute atomic E-state index is 1.08. The summed E-state index contributed by atoms with van der Waals surface area (Å²) in [4.78, 5) is 4.75. The monoisotopic (exact) mass is 868 g/mol. The van der Waals surface area contributed by atoms with Gasteiger partial charge in [-0.3, -0.25) is 0 Å².